The molecule has 2 N–H and O–H groups in total. The third-order valence-electron chi connectivity index (χ3n) is 5.04. The summed E-state index contributed by atoms with van der Waals surface area (Å²) in [4.78, 5) is 12.5. The number of rotatable bonds is 5. The summed E-state index contributed by atoms with van der Waals surface area (Å²) in [5.74, 6) is -1.26. The van der Waals surface area contributed by atoms with Gasteiger partial charge in [-0.1, -0.05) is 36.8 Å². The molecular weight excluding hydrogens is 422 g/mol. The Morgan fingerprint density at radius 1 is 1.10 bits per heavy atom. The van der Waals surface area contributed by atoms with Gasteiger partial charge < -0.3 is 5.11 Å². The van der Waals surface area contributed by atoms with Crippen LogP contribution in [0.3, 0.4) is 0 Å². The Bertz CT molecular complexity index is 1150. The van der Waals surface area contributed by atoms with E-state index in [4.69, 9.17) is 4.28 Å². The van der Waals surface area contributed by atoms with Crippen LogP contribution in [-0.2, 0) is 29.3 Å². The second-order valence-electron chi connectivity index (χ2n) is 7.01. The zero-order valence-electron chi connectivity index (χ0n) is 15.6. The standard InChI is InChI=1S/C18H21NO8S2/c1-19(17(20)18(21)11-5-4-8-16(18)28(22,23)24)27-29(25,26)15-10-9-13-6-2-3-7-14(13)12-15/h2-3,6-7,9-10,12,16,21H,4-5,8,11H2,1H3,(H,22,23,24). The van der Waals surface area contributed by atoms with Gasteiger partial charge in [-0.05, 0) is 42.2 Å². The Morgan fingerprint density at radius 2 is 1.76 bits per heavy atom. The van der Waals surface area contributed by atoms with Crippen LogP contribution in [0.1, 0.15) is 25.7 Å². The van der Waals surface area contributed by atoms with E-state index < -0.39 is 37.0 Å². The maximum absolute atomic E-state index is 12.7. The predicted molar refractivity (Wildman–Crippen MR) is 104 cm³/mol. The van der Waals surface area contributed by atoms with Crippen LogP contribution in [0.15, 0.2) is 47.4 Å². The third kappa shape index (κ3) is 4.28. The third-order valence-corrected chi connectivity index (χ3v) is 7.64. The summed E-state index contributed by atoms with van der Waals surface area (Å²) < 4.78 is 62.7. The van der Waals surface area contributed by atoms with Crippen molar-refractivity contribution in [2.24, 2.45) is 0 Å². The van der Waals surface area contributed by atoms with Crippen molar-refractivity contribution in [2.75, 3.05) is 7.05 Å². The highest BCUT2D eigenvalue weighted by Gasteiger charge is 2.53. The van der Waals surface area contributed by atoms with Crippen molar-refractivity contribution in [3.63, 3.8) is 0 Å². The molecule has 0 aliphatic heterocycles. The lowest BCUT2D eigenvalue weighted by molar-refractivity contribution is -0.175. The number of carbonyl (C=O) groups excluding carboxylic acids is 1. The number of carbonyl (C=O) groups is 1. The Morgan fingerprint density at radius 3 is 2.41 bits per heavy atom. The fourth-order valence-corrected chi connectivity index (χ4v) is 5.71. The van der Waals surface area contributed by atoms with Crippen LogP contribution in [0.2, 0.25) is 0 Å². The number of benzene rings is 2. The van der Waals surface area contributed by atoms with Gasteiger partial charge in [0.05, 0.1) is 4.90 Å². The highest BCUT2D eigenvalue weighted by Crippen LogP contribution is 2.35. The monoisotopic (exact) mass is 443 g/mol. The lowest BCUT2D eigenvalue weighted by Gasteiger charge is -2.38. The van der Waals surface area contributed by atoms with Crippen LogP contribution in [0.4, 0.5) is 0 Å². The summed E-state index contributed by atoms with van der Waals surface area (Å²) in [6.07, 6.45) is 0.339. The molecule has 3 rings (SSSR count). The Labute approximate surface area is 168 Å². The topological polar surface area (TPSA) is 138 Å². The summed E-state index contributed by atoms with van der Waals surface area (Å²) in [6, 6.07) is 11.3. The largest absolute Gasteiger partial charge is 0.378 e. The molecule has 0 saturated heterocycles. The van der Waals surface area contributed by atoms with Gasteiger partial charge in [-0.2, -0.15) is 16.8 Å². The molecule has 2 atom stereocenters. The molecule has 1 saturated carbocycles. The lowest BCUT2D eigenvalue weighted by atomic mass is 9.83. The van der Waals surface area contributed by atoms with E-state index in [-0.39, 0.29) is 17.7 Å². The fraction of sp³-hybridized carbons (Fsp3) is 0.389. The second kappa shape index (κ2) is 7.65. The van der Waals surface area contributed by atoms with Gasteiger partial charge in [0.1, 0.15) is 5.25 Å². The zero-order valence-corrected chi connectivity index (χ0v) is 17.2. The molecule has 0 bridgehead atoms. The summed E-state index contributed by atoms with van der Waals surface area (Å²) in [6.45, 7) is 0. The molecule has 29 heavy (non-hydrogen) atoms. The summed E-state index contributed by atoms with van der Waals surface area (Å²) >= 11 is 0. The molecule has 11 heteroatoms. The Kier molecular flexibility index (Phi) is 5.71. The number of hydroxylamine groups is 2. The SMILES string of the molecule is CN(OS(=O)(=O)c1ccc2ccccc2c1)C(=O)C1(O)CCCCC1S(=O)(=O)O. The number of fused-ring (bicyclic) bond motifs is 1. The number of nitrogens with zero attached hydrogens (tertiary/aromatic N) is 1. The summed E-state index contributed by atoms with van der Waals surface area (Å²) in [5.41, 5.74) is -2.49. The van der Waals surface area contributed by atoms with E-state index in [0.29, 0.717) is 23.3 Å². The average Bonchev–Trinajstić information content (AvgIpc) is 2.66. The highest BCUT2D eigenvalue weighted by molar-refractivity contribution is 7.87. The highest BCUT2D eigenvalue weighted by atomic mass is 32.2. The van der Waals surface area contributed by atoms with Gasteiger partial charge in [0.15, 0.2) is 5.60 Å². The van der Waals surface area contributed by atoms with E-state index >= 15 is 0 Å². The Balaban J connectivity index is 1.87. The van der Waals surface area contributed by atoms with Crippen molar-refractivity contribution in [1.82, 2.24) is 5.06 Å². The van der Waals surface area contributed by atoms with Crippen LogP contribution >= 0.6 is 0 Å². The van der Waals surface area contributed by atoms with E-state index in [1.54, 1.807) is 30.3 Å². The van der Waals surface area contributed by atoms with E-state index in [9.17, 15) is 31.3 Å². The van der Waals surface area contributed by atoms with Gasteiger partial charge in [-0.3, -0.25) is 9.35 Å². The molecule has 1 amide bonds. The number of amides is 1. The first kappa shape index (κ1) is 21.7. The summed E-state index contributed by atoms with van der Waals surface area (Å²) in [5, 5.41) is 10.7. The Hall–Kier alpha value is -2.05. The minimum atomic E-state index is -4.73. The van der Waals surface area contributed by atoms with E-state index in [1.807, 2.05) is 0 Å². The van der Waals surface area contributed by atoms with Gasteiger partial charge in [-0.15, -0.1) is 4.28 Å². The van der Waals surface area contributed by atoms with Gasteiger partial charge >= 0.3 is 10.1 Å². The van der Waals surface area contributed by atoms with Crippen molar-refractivity contribution < 1.29 is 35.6 Å². The second-order valence-corrected chi connectivity index (χ2v) is 10.1. The molecule has 1 aliphatic carbocycles. The van der Waals surface area contributed by atoms with Crippen molar-refractivity contribution in [1.29, 1.82) is 0 Å². The molecule has 0 radical (unpaired) electrons. The molecule has 0 aromatic heterocycles. The smallest absolute Gasteiger partial charge is 0.317 e. The quantitative estimate of drug-likeness (QED) is 0.523. The van der Waals surface area contributed by atoms with Crippen molar-refractivity contribution in [2.45, 2.75) is 41.4 Å². The number of aliphatic hydroxyl groups is 1. The van der Waals surface area contributed by atoms with Crippen molar-refractivity contribution in [3.05, 3.63) is 42.5 Å². The van der Waals surface area contributed by atoms with E-state index in [1.165, 1.54) is 12.1 Å². The molecule has 1 fully saturated rings. The van der Waals surface area contributed by atoms with Crippen molar-refractivity contribution >= 4 is 36.9 Å². The fourth-order valence-electron chi connectivity index (χ4n) is 3.58. The molecule has 0 heterocycles. The molecule has 0 spiro atoms. The zero-order chi connectivity index (χ0) is 21.4. The molecule has 158 valence electrons. The van der Waals surface area contributed by atoms with Crippen LogP contribution < -0.4 is 0 Å². The first-order valence-electron chi connectivity index (χ1n) is 8.85. The molecule has 9 nitrogen and oxygen atoms in total. The van der Waals surface area contributed by atoms with Crippen LogP contribution in [-0.4, -0.2) is 55.4 Å². The number of hydrogen-bond acceptors (Lipinski definition) is 7. The molecular formula is C18H21NO8S2. The minimum Gasteiger partial charge on any atom is -0.378 e. The number of hydrogen-bond donors (Lipinski definition) is 2. The lowest BCUT2D eigenvalue weighted by Crippen LogP contribution is -2.59. The van der Waals surface area contributed by atoms with Crippen LogP contribution in [0, 0.1) is 0 Å². The van der Waals surface area contributed by atoms with Crippen LogP contribution in [0.5, 0.6) is 0 Å². The maximum Gasteiger partial charge on any atom is 0.317 e. The molecule has 1 aliphatic rings. The van der Waals surface area contributed by atoms with Crippen molar-refractivity contribution in [3.8, 4) is 0 Å². The first-order valence-corrected chi connectivity index (χ1v) is 11.8. The normalized spacial score (nSPS) is 23.1. The van der Waals surface area contributed by atoms with Gasteiger partial charge in [0, 0.05) is 7.05 Å². The maximum atomic E-state index is 12.7. The molecule has 2 unspecified atom stereocenters. The summed E-state index contributed by atoms with van der Waals surface area (Å²) in [7, 11) is -8.20. The van der Waals surface area contributed by atoms with E-state index in [0.717, 1.165) is 12.4 Å². The first-order chi connectivity index (χ1) is 13.4. The minimum absolute atomic E-state index is 0.133. The van der Waals surface area contributed by atoms with Gasteiger partial charge in [-0.25, -0.2) is 5.06 Å². The molecule has 2 aromatic carbocycles. The van der Waals surface area contributed by atoms with Crippen LogP contribution in [0.25, 0.3) is 10.8 Å². The average molecular weight is 443 g/mol. The van der Waals surface area contributed by atoms with E-state index in [2.05, 4.69) is 0 Å². The predicted octanol–water partition coefficient (Wildman–Crippen LogP) is 1.48. The van der Waals surface area contributed by atoms with Gasteiger partial charge in [0.25, 0.3) is 16.0 Å². The number of likely N-dealkylation sites (N-methyl/N-ethyl adjacent to an activating group) is 1. The van der Waals surface area contributed by atoms with Gasteiger partial charge in [0.2, 0.25) is 0 Å². The molecule has 2 aromatic rings.